The maximum atomic E-state index is 13.2. The number of carbonyl (C=O) groups excluding carboxylic acids is 1. The number of hydrogen-bond donors (Lipinski definition) is 1. The summed E-state index contributed by atoms with van der Waals surface area (Å²) in [6.45, 7) is 3.53. The molecule has 0 spiro atoms. The van der Waals surface area contributed by atoms with Gasteiger partial charge in [-0.25, -0.2) is 0 Å². The zero-order valence-corrected chi connectivity index (χ0v) is 27.5. The minimum Gasteiger partial charge on any atom is -0.506 e. The summed E-state index contributed by atoms with van der Waals surface area (Å²) in [5.74, 6) is 16.6. The van der Waals surface area contributed by atoms with Crippen molar-refractivity contribution in [1.29, 1.82) is 0 Å². The molecule has 3 aromatic rings. The third-order valence-electron chi connectivity index (χ3n) is 7.08. The lowest BCUT2D eigenvalue weighted by atomic mass is 9.87. The number of nitrogens with zero attached hydrogens (tertiary/aromatic N) is 2. The molecule has 4 nitrogen and oxygen atoms in total. The van der Waals surface area contributed by atoms with Crippen LogP contribution < -0.4 is 14.0 Å². The summed E-state index contributed by atoms with van der Waals surface area (Å²) in [4.78, 5) is 18.7. The van der Waals surface area contributed by atoms with Crippen LogP contribution in [0.2, 0.25) is 0 Å². The molecule has 0 bridgehead atoms. The van der Waals surface area contributed by atoms with E-state index >= 15 is 0 Å². The van der Waals surface area contributed by atoms with E-state index in [1.165, 1.54) is 22.7 Å². The fourth-order valence-corrected chi connectivity index (χ4v) is 6.49. The van der Waals surface area contributed by atoms with Crippen molar-refractivity contribution in [1.82, 2.24) is 4.90 Å². The predicted octanol–water partition coefficient (Wildman–Crippen LogP) is 6.22. The molecule has 2 aliphatic rings. The molecule has 0 fully saturated rings. The van der Waals surface area contributed by atoms with Crippen LogP contribution in [0.15, 0.2) is 90.2 Å². The van der Waals surface area contributed by atoms with Gasteiger partial charge in [0.15, 0.2) is 0 Å². The van der Waals surface area contributed by atoms with Gasteiger partial charge in [0.05, 0.1) is 17.2 Å². The first-order valence-electron chi connectivity index (χ1n) is 14.4. The van der Waals surface area contributed by atoms with E-state index in [2.05, 4.69) is 71.9 Å². The van der Waals surface area contributed by atoms with Crippen molar-refractivity contribution in [2.45, 2.75) is 19.9 Å². The fraction of sp³-hybridized carbons (Fsp3) is 0.125. The lowest BCUT2D eigenvalue weighted by molar-refractivity contribution is -0.109. The molecule has 0 unspecified atom stereocenters. The SMILES string of the molecule is CC#CC#CN(C)c1ccc(/C=C/c2ccc(C3=C(O)C(=c4cc/c(=C\C=C5C=CC(N(C)C#CC#CC)C=C5)s4)C3=O)s2)cc1. The van der Waals surface area contributed by atoms with E-state index in [1.807, 2.05) is 96.7 Å². The first kappa shape index (κ1) is 31.8. The fourth-order valence-electron chi connectivity index (χ4n) is 4.58. The summed E-state index contributed by atoms with van der Waals surface area (Å²) in [7, 11) is 3.83. The molecule has 0 aliphatic heterocycles. The Balaban J connectivity index is 1.26. The normalized spacial score (nSPS) is 16.3. The van der Waals surface area contributed by atoms with Gasteiger partial charge < -0.3 is 14.9 Å². The van der Waals surface area contributed by atoms with Crippen LogP contribution in [-0.4, -0.2) is 35.9 Å². The highest BCUT2D eigenvalue weighted by Gasteiger charge is 2.36. The highest BCUT2D eigenvalue weighted by Crippen LogP contribution is 2.39. The molecule has 0 saturated carbocycles. The molecule has 1 N–H and O–H groups in total. The van der Waals surface area contributed by atoms with Gasteiger partial charge >= 0.3 is 0 Å². The molecule has 1 aromatic carbocycles. The third kappa shape index (κ3) is 7.53. The second-order valence-corrected chi connectivity index (χ2v) is 12.4. The molecule has 0 amide bonds. The number of hydrogen-bond acceptors (Lipinski definition) is 6. The maximum Gasteiger partial charge on any atom is 0.203 e. The van der Waals surface area contributed by atoms with Crippen LogP contribution in [0.25, 0.3) is 29.4 Å². The van der Waals surface area contributed by atoms with Crippen molar-refractivity contribution in [3.05, 3.63) is 115 Å². The highest BCUT2D eigenvalue weighted by atomic mass is 32.1. The summed E-state index contributed by atoms with van der Waals surface area (Å²) in [6, 6.07) is 21.8. The summed E-state index contributed by atoms with van der Waals surface area (Å²) < 4.78 is 1.76. The van der Waals surface area contributed by atoms with Gasteiger partial charge in [-0.05, 0) is 85.4 Å². The molecule has 2 aromatic heterocycles. The van der Waals surface area contributed by atoms with Gasteiger partial charge in [-0.2, -0.15) is 0 Å². The summed E-state index contributed by atoms with van der Waals surface area (Å²) in [5, 5.41) is 10.9. The van der Waals surface area contributed by atoms with E-state index in [-0.39, 0.29) is 17.6 Å². The maximum absolute atomic E-state index is 13.2. The number of Topliss-reactive ketones (excluding diaryl/α,β-unsaturated/α-hetero) is 1. The van der Waals surface area contributed by atoms with Gasteiger partial charge in [0.1, 0.15) is 5.76 Å². The molecule has 0 atom stereocenters. The number of thiophene rings is 2. The molecule has 5 rings (SSSR count). The Morgan fingerprint density at radius 2 is 1.50 bits per heavy atom. The van der Waals surface area contributed by atoms with Gasteiger partial charge in [0.25, 0.3) is 0 Å². The van der Waals surface area contributed by atoms with Crippen LogP contribution >= 0.6 is 22.7 Å². The van der Waals surface area contributed by atoms with Gasteiger partial charge in [-0.15, -0.1) is 22.7 Å². The molecule has 0 radical (unpaired) electrons. The molecule has 46 heavy (non-hydrogen) atoms. The average molecular weight is 635 g/mol. The molecule has 224 valence electrons. The third-order valence-corrected chi connectivity index (χ3v) is 9.22. The Labute approximate surface area is 278 Å². The average Bonchev–Trinajstić information content (AvgIpc) is 3.73. The van der Waals surface area contributed by atoms with Crippen molar-refractivity contribution in [2.24, 2.45) is 0 Å². The van der Waals surface area contributed by atoms with E-state index in [4.69, 9.17) is 0 Å². The van der Waals surface area contributed by atoms with Crippen LogP contribution in [0.4, 0.5) is 5.69 Å². The lowest BCUT2D eigenvalue weighted by Gasteiger charge is -2.20. The zero-order valence-electron chi connectivity index (χ0n) is 25.9. The van der Waals surface area contributed by atoms with Crippen molar-refractivity contribution >= 4 is 63.5 Å². The number of aliphatic hydroxyl groups is 1. The second kappa shape index (κ2) is 14.9. The van der Waals surface area contributed by atoms with Gasteiger partial charge in [0.2, 0.25) is 5.78 Å². The van der Waals surface area contributed by atoms with E-state index in [1.54, 1.807) is 13.8 Å². The smallest absolute Gasteiger partial charge is 0.203 e. The standard InChI is InChI=1S/C40H30N2O2S2/c1-5-7-9-27-41(3)31-17-11-29(12-18-31)15-21-33-23-25-35(45-33)37-39(43)38(40(37)44)36-26-24-34(46-36)22-16-30-13-19-32(20-14-30)42(4)28-10-8-6-2/h11-26,31,43H,1-4H3/b22-16+,29-15?,33-21+,37-35?. The number of aliphatic hydroxyl groups excluding tert-OH is 1. The number of benzene rings is 1. The topological polar surface area (TPSA) is 43.8 Å². The first-order chi connectivity index (χ1) is 22.4. The van der Waals surface area contributed by atoms with Crippen molar-refractivity contribution in [3.8, 4) is 47.6 Å². The molecule has 6 heteroatoms. The first-order valence-corrected chi connectivity index (χ1v) is 16.1. The number of allylic oxidation sites excluding steroid dienone is 6. The number of likely N-dealkylation sites (N-methyl/N-ethyl adjacent to an activating group) is 1. The molecule has 0 saturated heterocycles. The van der Waals surface area contributed by atoms with E-state index in [0.29, 0.717) is 11.1 Å². The van der Waals surface area contributed by atoms with Crippen LogP contribution in [0, 0.1) is 47.6 Å². The van der Waals surface area contributed by atoms with E-state index in [0.717, 1.165) is 35.6 Å². The largest absolute Gasteiger partial charge is 0.506 e. The molecular weight excluding hydrogens is 605 g/mol. The zero-order chi connectivity index (χ0) is 32.5. The number of ketones is 1. The Morgan fingerprint density at radius 1 is 0.783 bits per heavy atom. The van der Waals surface area contributed by atoms with Crippen LogP contribution in [-0.2, 0) is 4.79 Å². The quantitative estimate of drug-likeness (QED) is 0.258. The molecule has 2 aliphatic carbocycles. The second-order valence-electron chi connectivity index (χ2n) is 10.2. The van der Waals surface area contributed by atoms with Crippen molar-refractivity contribution in [3.63, 3.8) is 0 Å². The van der Waals surface area contributed by atoms with E-state index in [9.17, 15) is 9.90 Å². The Kier molecular flexibility index (Phi) is 10.3. The Bertz CT molecular complexity index is 2190. The number of carbonyl (C=O) groups is 1. The van der Waals surface area contributed by atoms with Crippen LogP contribution in [0.3, 0.4) is 0 Å². The summed E-state index contributed by atoms with van der Waals surface area (Å²) >= 11 is 2.96. The predicted molar refractivity (Wildman–Crippen MR) is 194 cm³/mol. The molecule has 2 heterocycles. The van der Waals surface area contributed by atoms with Crippen molar-refractivity contribution < 1.29 is 9.90 Å². The number of rotatable bonds is 6. The van der Waals surface area contributed by atoms with Crippen LogP contribution in [0.5, 0.6) is 0 Å². The van der Waals surface area contributed by atoms with Gasteiger partial charge in [-0.1, -0.05) is 60.4 Å². The van der Waals surface area contributed by atoms with E-state index < -0.39 is 0 Å². The van der Waals surface area contributed by atoms with Crippen LogP contribution in [0.1, 0.15) is 29.2 Å². The summed E-state index contributed by atoms with van der Waals surface area (Å²) in [6.07, 6.45) is 16.4. The number of anilines is 1. The molecular formula is C40H30N2O2S2. The van der Waals surface area contributed by atoms with Gasteiger partial charge in [-0.3, -0.25) is 4.79 Å². The Hall–Kier alpha value is -5.63. The van der Waals surface area contributed by atoms with Gasteiger partial charge in [0, 0.05) is 62.5 Å². The lowest BCUT2D eigenvalue weighted by Crippen LogP contribution is -2.24. The van der Waals surface area contributed by atoms with Crippen molar-refractivity contribution in [2.75, 3.05) is 19.0 Å². The minimum absolute atomic E-state index is 0.0585. The minimum atomic E-state index is -0.129. The monoisotopic (exact) mass is 634 g/mol. The summed E-state index contributed by atoms with van der Waals surface area (Å²) in [5.41, 5.74) is 3.85. The highest BCUT2D eigenvalue weighted by molar-refractivity contribution is 7.14. The Morgan fingerprint density at radius 3 is 2.20 bits per heavy atom.